The van der Waals surface area contributed by atoms with Crippen LogP contribution in [0.3, 0.4) is 0 Å². The molecule has 1 aromatic heterocycles. The molecule has 1 N–H and O–H groups in total. The molecule has 1 aromatic rings. The monoisotopic (exact) mass is 223 g/mol. The van der Waals surface area contributed by atoms with Crippen molar-refractivity contribution in [3.05, 3.63) is 5.82 Å². The number of hydrogen-bond donors (Lipinski definition) is 1. The van der Waals surface area contributed by atoms with Crippen LogP contribution in [0.5, 0.6) is 0 Å². The number of nitrogens with zero attached hydrogens (tertiary/aromatic N) is 4. The summed E-state index contributed by atoms with van der Waals surface area (Å²) in [7, 11) is 0. The lowest BCUT2D eigenvalue weighted by atomic mass is 9.99. The number of tetrazole rings is 1. The minimum Gasteiger partial charge on any atom is -0.339 e. The van der Waals surface area contributed by atoms with E-state index in [1.165, 1.54) is 6.42 Å². The summed E-state index contributed by atoms with van der Waals surface area (Å²) in [5, 5.41) is 13.4. The first-order valence-corrected chi connectivity index (χ1v) is 5.83. The second-order valence-electron chi connectivity index (χ2n) is 4.15. The Labute approximate surface area is 94.4 Å². The van der Waals surface area contributed by atoms with Gasteiger partial charge in [0.25, 0.3) is 0 Å². The minimum atomic E-state index is 0.118. The smallest absolute Gasteiger partial charge is 0.230 e. The highest BCUT2D eigenvalue weighted by molar-refractivity contribution is 5.78. The third kappa shape index (κ3) is 2.37. The third-order valence-corrected chi connectivity index (χ3v) is 3.12. The Bertz CT molecular complexity index is 337. The van der Waals surface area contributed by atoms with E-state index in [2.05, 4.69) is 27.5 Å². The molecule has 1 aliphatic rings. The maximum absolute atomic E-state index is 12.0. The quantitative estimate of drug-likeness (QED) is 0.811. The topological polar surface area (TPSA) is 74.8 Å². The summed E-state index contributed by atoms with van der Waals surface area (Å²) in [6.07, 6.45) is 4.73. The lowest BCUT2D eigenvalue weighted by Crippen LogP contribution is -2.44. The van der Waals surface area contributed by atoms with E-state index in [-0.39, 0.29) is 12.3 Å². The van der Waals surface area contributed by atoms with E-state index < -0.39 is 0 Å². The van der Waals surface area contributed by atoms with Crippen LogP contribution < -0.4 is 0 Å². The van der Waals surface area contributed by atoms with Gasteiger partial charge in [0.05, 0.1) is 6.42 Å². The summed E-state index contributed by atoms with van der Waals surface area (Å²) in [5.41, 5.74) is 0. The van der Waals surface area contributed by atoms with E-state index in [9.17, 15) is 4.79 Å². The van der Waals surface area contributed by atoms with E-state index in [1.54, 1.807) is 0 Å². The van der Waals surface area contributed by atoms with Gasteiger partial charge in [0.1, 0.15) is 0 Å². The standard InChI is InChI=1S/C10H17N5O/c1-2-8-5-3-4-6-15(8)10(16)7-9-11-13-14-12-9/h8H,2-7H2,1H3,(H,11,12,13,14). The van der Waals surface area contributed by atoms with Gasteiger partial charge < -0.3 is 4.90 Å². The summed E-state index contributed by atoms with van der Waals surface area (Å²) in [6, 6.07) is 0.396. The van der Waals surface area contributed by atoms with Gasteiger partial charge in [-0.15, -0.1) is 10.2 Å². The number of aromatic nitrogens is 4. The molecule has 16 heavy (non-hydrogen) atoms. The SMILES string of the molecule is CCC1CCCCN1C(=O)Cc1nn[nH]n1. The molecule has 0 saturated carbocycles. The predicted molar refractivity (Wildman–Crippen MR) is 57.5 cm³/mol. The molecule has 1 unspecified atom stereocenters. The average molecular weight is 223 g/mol. The highest BCUT2D eigenvalue weighted by atomic mass is 16.2. The number of amides is 1. The summed E-state index contributed by atoms with van der Waals surface area (Å²) < 4.78 is 0. The molecule has 88 valence electrons. The van der Waals surface area contributed by atoms with Crippen LogP contribution >= 0.6 is 0 Å². The molecule has 6 nitrogen and oxygen atoms in total. The van der Waals surface area contributed by atoms with Crippen molar-refractivity contribution in [3.63, 3.8) is 0 Å². The van der Waals surface area contributed by atoms with Crippen molar-refractivity contribution >= 4 is 5.91 Å². The lowest BCUT2D eigenvalue weighted by Gasteiger charge is -2.35. The van der Waals surface area contributed by atoms with Gasteiger partial charge in [-0.25, -0.2) is 0 Å². The first-order chi connectivity index (χ1) is 7.81. The Kier molecular flexibility index (Phi) is 3.48. The van der Waals surface area contributed by atoms with E-state index in [1.807, 2.05) is 4.90 Å². The fourth-order valence-electron chi connectivity index (χ4n) is 2.25. The lowest BCUT2D eigenvalue weighted by molar-refractivity contribution is -0.134. The predicted octanol–water partition coefficient (Wildman–Crippen LogP) is 0.533. The molecule has 0 aromatic carbocycles. The van der Waals surface area contributed by atoms with Gasteiger partial charge in [0, 0.05) is 12.6 Å². The van der Waals surface area contributed by atoms with Crippen molar-refractivity contribution in [1.82, 2.24) is 25.5 Å². The molecule has 2 rings (SSSR count). The molecule has 0 bridgehead atoms. The number of piperidine rings is 1. The van der Waals surface area contributed by atoms with Crippen LogP contribution in [0.2, 0.25) is 0 Å². The fraction of sp³-hybridized carbons (Fsp3) is 0.800. The molecule has 1 atom stereocenters. The molecule has 0 aliphatic carbocycles. The molecular formula is C10H17N5O. The number of carbonyl (C=O) groups is 1. The summed E-state index contributed by atoms with van der Waals surface area (Å²) in [4.78, 5) is 14.0. The van der Waals surface area contributed by atoms with Crippen LogP contribution in [0.1, 0.15) is 38.4 Å². The van der Waals surface area contributed by atoms with Crippen molar-refractivity contribution in [3.8, 4) is 0 Å². The largest absolute Gasteiger partial charge is 0.339 e. The van der Waals surface area contributed by atoms with Crippen LogP contribution in [-0.2, 0) is 11.2 Å². The van der Waals surface area contributed by atoms with Gasteiger partial charge in [-0.1, -0.05) is 12.1 Å². The van der Waals surface area contributed by atoms with Crippen molar-refractivity contribution in [2.45, 2.75) is 45.1 Å². The van der Waals surface area contributed by atoms with E-state index in [0.29, 0.717) is 11.9 Å². The number of aromatic amines is 1. The molecule has 2 heterocycles. The van der Waals surface area contributed by atoms with Crippen LogP contribution in [0.15, 0.2) is 0 Å². The Morgan fingerprint density at radius 1 is 1.56 bits per heavy atom. The maximum Gasteiger partial charge on any atom is 0.230 e. The zero-order valence-electron chi connectivity index (χ0n) is 9.52. The fourth-order valence-corrected chi connectivity index (χ4v) is 2.25. The Hall–Kier alpha value is -1.46. The van der Waals surface area contributed by atoms with Gasteiger partial charge in [0.2, 0.25) is 5.91 Å². The summed E-state index contributed by atoms with van der Waals surface area (Å²) in [6.45, 7) is 3.00. The Morgan fingerprint density at radius 2 is 2.44 bits per heavy atom. The first-order valence-electron chi connectivity index (χ1n) is 5.83. The van der Waals surface area contributed by atoms with Gasteiger partial charge >= 0.3 is 0 Å². The van der Waals surface area contributed by atoms with Crippen LogP contribution in [-0.4, -0.2) is 44.0 Å². The van der Waals surface area contributed by atoms with Crippen molar-refractivity contribution in [1.29, 1.82) is 0 Å². The van der Waals surface area contributed by atoms with Crippen LogP contribution in [0, 0.1) is 0 Å². The molecule has 0 radical (unpaired) electrons. The van der Waals surface area contributed by atoms with Crippen molar-refractivity contribution in [2.24, 2.45) is 0 Å². The zero-order valence-corrected chi connectivity index (χ0v) is 9.52. The number of H-pyrrole nitrogens is 1. The molecular weight excluding hydrogens is 206 g/mol. The van der Waals surface area contributed by atoms with E-state index in [0.717, 1.165) is 25.8 Å². The second-order valence-corrected chi connectivity index (χ2v) is 4.15. The normalized spacial score (nSPS) is 21.1. The maximum atomic E-state index is 12.0. The third-order valence-electron chi connectivity index (χ3n) is 3.12. The molecule has 1 saturated heterocycles. The van der Waals surface area contributed by atoms with E-state index in [4.69, 9.17) is 0 Å². The number of carbonyl (C=O) groups excluding carboxylic acids is 1. The van der Waals surface area contributed by atoms with Crippen LogP contribution in [0.4, 0.5) is 0 Å². The van der Waals surface area contributed by atoms with Gasteiger partial charge in [-0.05, 0) is 25.7 Å². The minimum absolute atomic E-state index is 0.118. The summed E-state index contributed by atoms with van der Waals surface area (Å²) in [5.74, 6) is 0.596. The highest BCUT2D eigenvalue weighted by Crippen LogP contribution is 2.19. The molecule has 1 fully saturated rings. The number of hydrogen-bond acceptors (Lipinski definition) is 4. The molecule has 1 amide bonds. The molecule has 0 spiro atoms. The first kappa shape index (κ1) is 11.0. The number of rotatable bonds is 3. The number of likely N-dealkylation sites (tertiary alicyclic amines) is 1. The van der Waals surface area contributed by atoms with Gasteiger partial charge in [-0.2, -0.15) is 5.21 Å². The summed E-state index contributed by atoms with van der Waals surface area (Å²) >= 11 is 0. The molecule has 1 aliphatic heterocycles. The number of nitrogens with one attached hydrogen (secondary N) is 1. The highest BCUT2D eigenvalue weighted by Gasteiger charge is 2.25. The van der Waals surface area contributed by atoms with Gasteiger partial charge in [0.15, 0.2) is 5.82 Å². The van der Waals surface area contributed by atoms with Crippen molar-refractivity contribution < 1.29 is 4.79 Å². The van der Waals surface area contributed by atoms with Crippen LogP contribution in [0.25, 0.3) is 0 Å². The van der Waals surface area contributed by atoms with Crippen molar-refractivity contribution in [2.75, 3.05) is 6.54 Å². The Morgan fingerprint density at radius 3 is 3.12 bits per heavy atom. The average Bonchev–Trinajstić information content (AvgIpc) is 2.81. The second kappa shape index (κ2) is 5.05. The zero-order chi connectivity index (χ0) is 11.4. The molecule has 6 heteroatoms. The Balaban J connectivity index is 1.97. The van der Waals surface area contributed by atoms with Gasteiger partial charge in [-0.3, -0.25) is 4.79 Å². The van der Waals surface area contributed by atoms with E-state index >= 15 is 0 Å².